The molecular weight excluding hydrogens is 256 g/mol. The van der Waals surface area contributed by atoms with Crippen LogP contribution in [0.2, 0.25) is 0 Å². The van der Waals surface area contributed by atoms with Crippen LogP contribution in [-0.2, 0) is 9.59 Å². The van der Waals surface area contributed by atoms with Gasteiger partial charge in [-0.05, 0) is 12.1 Å². The van der Waals surface area contributed by atoms with Crippen molar-refractivity contribution in [1.82, 2.24) is 0 Å². The summed E-state index contributed by atoms with van der Waals surface area (Å²) in [6.07, 6.45) is -0.187. The van der Waals surface area contributed by atoms with Crippen LogP contribution in [0.25, 0.3) is 0 Å². The van der Waals surface area contributed by atoms with E-state index in [1.54, 1.807) is 0 Å². The van der Waals surface area contributed by atoms with Crippen LogP contribution in [-0.4, -0.2) is 33.6 Å². The van der Waals surface area contributed by atoms with Gasteiger partial charge in [-0.1, -0.05) is 0 Å². The van der Waals surface area contributed by atoms with E-state index in [9.17, 15) is 24.8 Å². The average molecular weight is 266 g/mol. The van der Waals surface area contributed by atoms with E-state index in [1.165, 1.54) is 12.1 Å². The number of carboxylic acids is 1. The van der Waals surface area contributed by atoms with E-state index in [-0.39, 0.29) is 24.4 Å². The number of amides is 1. The fraction of sp³-hybridized carbons (Fsp3) is 0.273. The molecule has 1 unspecified atom stereocenters. The molecule has 2 rings (SSSR count). The van der Waals surface area contributed by atoms with Gasteiger partial charge >= 0.3 is 5.97 Å². The lowest BCUT2D eigenvalue weighted by molar-refractivity contribution is -0.384. The third kappa shape index (κ3) is 2.32. The number of hydrogen-bond acceptors (Lipinski definition) is 5. The van der Waals surface area contributed by atoms with Gasteiger partial charge in [0.05, 0.1) is 16.9 Å². The molecule has 1 aliphatic rings. The van der Waals surface area contributed by atoms with Crippen molar-refractivity contribution in [1.29, 1.82) is 0 Å². The van der Waals surface area contributed by atoms with E-state index in [0.717, 1.165) is 11.0 Å². The lowest BCUT2D eigenvalue weighted by Crippen LogP contribution is -2.26. The number of phenolic OH excluding ortho intramolecular Hbond substituents is 1. The Hall–Kier alpha value is -2.64. The molecule has 1 fully saturated rings. The molecule has 1 saturated heterocycles. The van der Waals surface area contributed by atoms with Crippen molar-refractivity contribution in [3.8, 4) is 5.75 Å². The number of phenols is 1. The zero-order valence-electron chi connectivity index (χ0n) is 9.65. The second-order valence-corrected chi connectivity index (χ2v) is 4.17. The highest BCUT2D eigenvalue weighted by molar-refractivity contribution is 6.00. The van der Waals surface area contributed by atoms with Gasteiger partial charge in [0, 0.05) is 13.0 Å². The first-order valence-corrected chi connectivity index (χ1v) is 5.40. The molecule has 19 heavy (non-hydrogen) atoms. The van der Waals surface area contributed by atoms with Gasteiger partial charge in [0.15, 0.2) is 0 Å². The van der Waals surface area contributed by atoms with E-state index in [0.29, 0.717) is 0 Å². The zero-order valence-corrected chi connectivity index (χ0v) is 9.65. The Balaban J connectivity index is 2.40. The van der Waals surface area contributed by atoms with Gasteiger partial charge in [0.25, 0.3) is 5.69 Å². The molecular formula is C11H10N2O6. The van der Waals surface area contributed by atoms with Crippen LogP contribution in [0.15, 0.2) is 18.2 Å². The fourth-order valence-corrected chi connectivity index (χ4v) is 1.99. The molecule has 0 bridgehead atoms. The molecule has 1 aliphatic heterocycles. The van der Waals surface area contributed by atoms with Crippen LogP contribution >= 0.6 is 0 Å². The Bertz CT molecular complexity index is 570. The van der Waals surface area contributed by atoms with Crippen LogP contribution < -0.4 is 4.90 Å². The number of anilines is 1. The number of carbonyl (C=O) groups excluding carboxylic acids is 1. The molecule has 0 radical (unpaired) electrons. The summed E-state index contributed by atoms with van der Waals surface area (Å²) in [5.41, 5.74) is -0.434. The maximum Gasteiger partial charge on any atom is 0.308 e. The number of rotatable bonds is 3. The monoisotopic (exact) mass is 266 g/mol. The van der Waals surface area contributed by atoms with E-state index >= 15 is 0 Å². The smallest absolute Gasteiger partial charge is 0.308 e. The average Bonchev–Trinajstić information content (AvgIpc) is 2.71. The number of benzene rings is 1. The standard InChI is InChI=1S/C11H10N2O6/c14-7-1-2-8(9(4-7)13(18)19)12-5-6(11(16)17)3-10(12)15/h1-2,4,6,14H,3,5H2,(H,16,17). The number of nitro groups is 1. The molecule has 0 spiro atoms. The Morgan fingerprint density at radius 2 is 2.16 bits per heavy atom. The first-order valence-electron chi connectivity index (χ1n) is 5.40. The van der Waals surface area contributed by atoms with Crippen molar-refractivity contribution in [3.05, 3.63) is 28.3 Å². The van der Waals surface area contributed by atoms with Gasteiger partial charge < -0.3 is 15.1 Å². The number of carbonyl (C=O) groups is 2. The molecule has 8 heteroatoms. The lowest BCUT2D eigenvalue weighted by Gasteiger charge is -2.16. The molecule has 0 aromatic heterocycles. The molecule has 0 saturated carbocycles. The first-order chi connectivity index (χ1) is 8.90. The van der Waals surface area contributed by atoms with Gasteiger partial charge in [-0.15, -0.1) is 0 Å². The molecule has 1 amide bonds. The zero-order chi connectivity index (χ0) is 14.2. The van der Waals surface area contributed by atoms with Crippen molar-refractivity contribution in [2.24, 2.45) is 5.92 Å². The Kier molecular flexibility index (Phi) is 3.07. The summed E-state index contributed by atoms with van der Waals surface area (Å²) in [5, 5.41) is 29.0. The van der Waals surface area contributed by atoms with Gasteiger partial charge in [-0.3, -0.25) is 19.7 Å². The minimum Gasteiger partial charge on any atom is -0.508 e. The SMILES string of the molecule is O=C(O)C1CC(=O)N(c2ccc(O)cc2[N+](=O)[O-])C1. The third-order valence-electron chi connectivity index (χ3n) is 2.92. The predicted molar refractivity (Wildman–Crippen MR) is 62.9 cm³/mol. The summed E-state index contributed by atoms with van der Waals surface area (Å²) < 4.78 is 0. The summed E-state index contributed by atoms with van der Waals surface area (Å²) in [5.74, 6) is -2.77. The van der Waals surface area contributed by atoms with Gasteiger partial charge in [0.2, 0.25) is 5.91 Å². The highest BCUT2D eigenvalue weighted by atomic mass is 16.6. The molecule has 1 aromatic carbocycles. The fourth-order valence-electron chi connectivity index (χ4n) is 1.99. The van der Waals surface area contributed by atoms with Gasteiger partial charge in [-0.2, -0.15) is 0 Å². The van der Waals surface area contributed by atoms with Gasteiger partial charge in [0.1, 0.15) is 11.4 Å². The van der Waals surface area contributed by atoms with Crippen molar-refractivity contribution < 1.29 is 24.7 Å². The topological polar surface area (TPSA) is 121 Å². The molecule has 100 valence electrons. The largest absolute Gasteiger partial charge is 0.508 e. The number of aromatic hydroxyl groups is 1. The molecule has 8 nitrogen and oxygen atoms in total. The molecule has 2 N–H and O–H groups in total. The van der Waals surface area contributed by atoms with Crippen LogP contribution in [0, 0.1) is 16.0 Å². The number of nitrogens with zero attached hydrogens (tertiary/aromatic N) is 2. The number of carboxylic acid groups (broad SMARTS) is 1. The van der Waals surface area contributed by atoms with E-state index < -0.39 is 28.4 Å². The quantitative estimate of drug-likeness (QED) is 0.614. The van der Waals surface area contributed by atoms with E-state index in [4.69, 9.17) is 5.11 Å². The molecule has 1 aromatic rings. The highest BCUT2D eigenvalue weighted by Crippen LogP contribution is 2.35. The van der Waals surface area contributed by atoms with E-state index in [2.05, 4.69) is 0 Å². The number of aliphatic carboxylic acids is 1. The van der Waals surface area contributed by atoms with Crippen molar-refractivity contribution in [2.45, 2.75) is 6.42 Å². The molecule has 1 atom stereocenters. The normalized spacial score (nSPS) is 18.6. The summed E-state index contributed by atoms with van der Waals surface area (Å²) in [4.78, 5) is 33.8. The maximum absolute atomic E-state index is 11.7. The Morgan fingerprint density at radius 1 is 1.47 bits per heavy atom. The second kappa shape index (κ2) is 4.56. The molecule has 1 heterocycles. The van der Waals surface area contributed by atoms with Crippen LogP contribution in [0.5, 0.6) is 5.75 Å². The first kappa shape index (κ1) is 12.8. The summed E-state index contributed by atoms with van der Waals surface area (Å²) in [6.45, 7) is -0.111. The van der Waals surface area contributed by atoms with Gasteiger partial charge in [-0.25, -0.2) is 0 Å². The van der Waals surface area contributed by atoms with Crippen molar-refractivity contribution in [3.63, 3.8) is 0 Å². The van der Waals surface area contributed by atoms with Crippen LogP contribution in [0.4, 0.5) is 11.4 Å². The predicted octanol–water partition coefficient (Wildman–Crippen LogP) is 0.738. The van der Waals surface area contributed by atoms with Crippen molar-refractivity contribution in [2.75, 3.05) is 11.4 Å². The second-order valence-electron chi connectivity index (χ2n) is 4.17. The van der Waals surface area contributed by atoms with Crippen molar-refractivity contribution >= 4 is 23.3 Å². The number of nitro benzene ring substituents is 1. The maximum atomic E-state index is 11.7. The lowest BCUT2D eigenvalue weighted by atomic mass is 10.1. The summed E-state index contributed by atoms with van der Waals surface area (Å²) in [6, 6.07) is 3.37. The summed E-state index contributed by atoms with van der Waals surface area (Å²) in [7, 11) is 0. The molecule has 0 aliphatic carbocycles. The third-order valence-corrected chi connectivity index (χ3v) is 2.92. The number of hydrogen-bond donors (Lipinski definition) is 2. The Morgan fingerprint density at radius 3 is 2.68 bits per heavy atom. The minimum atomic E-state index is -1.11. The summed E-state index contributed by atoms with van der Waals surface area (Å²) >= 11 is 0. The van der Waals surface area contributed by atoms with E-state index in [1.807, 2.05) is 0 Å². The minimum absolute atomic E-state index is 0.00319. The Labute approximate surface area is 107 Å². The van der Waals surface area contributed by atoms with Crippen LogP contribution in [0.1, 0.15) is 6.42 Å². The highest BCUT2D eigenvalue weighted by Gasteiger charge is 2.37. The van der Waals surface area contributed by atoms with Crippen LogP contribution in [0.3, 0.4) is 0 Å².